The van der Waals surface area contributed by atoms with Gasteiger partial charge in [-0.25, -0.2) is 0 Å². The van der Waals surface area contributed by atoms with Crippen molar-refractivity contribution in [2.24, 2.45) is 0 Å². The van der Waals surface area contributed by atoms with Crippen molar-refractivity contribution in [2.45, 2.75) is 19.3 Å². The maximum absolute atomic E-state index is 11.7. The molecule has 1 fully saturated rings. The van der Waals surface area contributed by atoms with Crippen LogP contribution < -0.4 is 0 Å². The molecule has 0 bridgehead atoms. The van der Waals surface area contributed by atoms with Crippen molar-refractivity contribution in [3.63, 3.8) is 0 Å². The molecule has 0 atom stereocenters. The molecule has 4 nitrogen and oxygen atoms in total. The number of piperidine rings is 1. The van der Waals surface area contributed by atoms with Gasteiger partial charge in [0.15, 0.2) is 0 Å². The Kier molecular flexibility index (Phi) is 2.35. The second kappa shape index (κ2) is 3.65. The van der Waals surface area contributed by atoms with Crippen LogP contribution in [0.25, 0.3) is 0 Å². The third kappa shape index (κ3) is 1.55. The lowest BCUT2D eigenvalue weighted by Gasteiger charge is -2.24. The van der Waals surface area contributed by atoms with Crippen LogP contribution in [0.3, 0.4) is 0 Å². The van der Waals surface area contributed by atoms with E-state index in [1.807, 2.05) is 0 Å². The Morgan fingerprint density at radius 2 is 2.29 bits per heavy atom. The number of rotatable bonds is 1. The molecule has 4 heteroatoms. The Bertz CT molecular complexity index is 342. The Morgan fingerprint density at radius 1 is 1.43 bits per heavy atom. The molecule has 1 saturated heterocycles. The predicted molar refractivity (Wildman–Crippen MR) is 48.6 cm³/mol. The highest BCUT2D eigenvalue weighted by atomic mass is 16.3. The maximum atomic E-state index is 11.7. The topological polar surface area (TPSA) is 50.5 Å². The van der Waals surface area contributed by atoms with E-state index in [1.54, 1.807) is 6.07 Å². The van der Waals surface area contributed by atoms with Crippen molar-refractivity contribution < 1.29 is 14.0 Å². The molecule has 74 valence electrons. The van der Waals surface area contributed by atoms with Gasteiger partial charge in [-0.3, -0.25) is 14.5 Å². The number of nitrogens with zero attached hydrogens (tertiary/aromatic N) is 1. The van der Waals surface area contributed by atoms with Crippen molar-refractivity contribution in [1.82, 2.24) is 4.90 Å². The normalized spacial score (nSPS) is 17.1. The van der Waals surface area contributed by atoms with Crippen LogP contribution in [0.15, 0.2) is 23.0 Å². The van der Waals surface area contributed by atoms with Gasteiger partial charge in [0.1, 0.15) is 6.26 Å². The highest BCUT2D eigenvalue weighted by Gasteiger charge is 2.25. The van der Waals surface area contributed by atoms with Crippen molar-refractivity contribution in [2.75, 3.05) is 6.54 Å². The molecule has 0 spiro atoms. The van der Waals surface area contributed by atoms with Crippen LogP contribution in [-0.4, -0.2) is 23.3 Å². The van der Waals surface area contributed by atoms with Crippen LogP contribution in [0, 0.1) is 0 Å². The third-order valence-electron chi connectivity index (χ3n) is 2.34. The van der Waals surface area contributed by atoms with Gasteiger partial charge in [0.2, 0.25) is 5.91 Å². The predicted octanol–water partition coefficient (Wildman–Crippen LogP) is 1.43. The number of amides is 2. The zero-order valence-electron chi connectivity index (χ0n) is 7.73. The number of likely N-dealkylation sites (tertiary alicyclic amines) is 1. The van der Waals surface area contributed by atoms with Crippen molar-refractivity contribution in [3.05, 3.63) is 24.2 Å². The molecular weight excluding hydrogens is 182 g/mol. The Balaban J connectivity index is 2.14. The molecule has 14 heavy (non-hydrogen) atoms. The molecule has 1 aliphatic heterocycles. The minimum atomic E-state index is -0.247. The Morgan fingerprint density at radius 3 is 2.93 bits per heavy atom. The van der Waals surface area contributed by atoms with E-state index in [0.29, 0.717) is 18.5 Å². The Hall–Kier alpha value is -1.58. The second-order valence-corrected chi connectivity index (χ2v) is 3.32. The number of carbonyl (C=O) groups is 2. The molecule has 0 aliphatic carbocycles. The standard InChI is InChI=1S/C10H11NO3/c12-9-3-1-2-5-11(9)10(13)8-4-6-14-7-8/h4,6-7H,1-3,5H2. The summed E-state index contributed by atoms with van der Waals surface area (Å²) in [5.74, 6) is -0.328. The minimum Gasteiger partial charge on any atom is -0.472 e. The SMILES string of the molecule is O=C1CCCCN1C(=O)c1ccoc1. The summed E-state index contributed by atoms with van der Waals surface area (Å²) in [6, 6.07) is 1.57. The minimum absolute atomic E-state index is 0.0811. The quantitative estimate of drug-likeness (QED) is 0.634. The van der Waals surface area contributed by atoms with Crippen LogP contribution in [0.5, 0.6) is 0 Å². The number of hydrogen-bond donors (Lipinski definition) is 0. The zero-order valence-corrected chi connectivity index (χ0v) is 7.73. The number of imide groups is 1. The molecule has 1 aliphatic rings. The molecule has 0 N–H and O–H groups in total. The van der Waals surface area contributed by atoms with Gasteiger partial charge in [0, 0.05) is 13.0 Å². The summed E-state index contributed by atoms with van der Waals surface area (Å²) in [5.41, 5.74) is 0.445. The van der Waals surface area contributed by atoms with Crippen LogP contribution in [0.2, 0.25) is 0 Å². The van der Waals surface area contributed by atoms with Crippen LogP contribution in [-0.2, 0) is 4.79 Å². The lowest BCUT2D eigenvalue weighted by molar-refractivity contribution is -0.130. The highest BCUT2D eigenvalue weighted by Crippen LogP contribution is 2.14. The van der Waals surface area contributed by atoms with E-state index < -0.39 is 0 Å². The molecule has 2 heterocycles. The summed E-state index contributed by atoms with van der Waals surface area (Å²) in [5, 5.41) is 0. The first-order valence-electron chi connectivity index (χ1n) is 4.66. The second-order valence-electron chi connectivity index (χ2n) is 3.32. The zero-order chi connectivity index (χ0) is 9.97. The molecular formula is C10H11NO3. The van der Waals surface area contributed by atoms with E-state index in [9.17, 15) is 9.59 Å². The smallest absolute Gasteiger partial charge is 0.263 e. The van der Waals surface area contributed by atoms with Gasteiger partial charge in [-0.2, -0.15) is 0 Å². The summed E-state index contributed by atoms with van der Waals surface area (Å²) in [7, 11) is 0. The molecule has 0 radical (unpaired) electrons. The molecule has 2 amide bonds. The average Bonchev–Trinajstić information content (AvgIpc) is 2.70. The number of carbonyl (C=O) groups excluding carboxylic acids is 2. The van der Waals surface area contributed by atoms with E-state index in [4.69, 9.17) is 4.42 Å². The number of furan rings is 1. The Labute approximate surface area is 81.5 Å². The van der Waals surface area contributed by atoms with E-state index in [1.165, 1.54) is 17.4 Å². The maximum Gasteiger partial charge on any atom is 0.263 e. The molecule has 0 saturated carbocycles. The van der Waals surface area contributed by atoms with Crippen LogP contribution in [0.1, 0.15) is 29.6 Å². The molecule has 1 aromatic rings. The van der Waals surface area contributed by atoms with Crippen molar-refractivity contribution in [3.8, 4) is 0 Å². The van der Waals surface area contributed by atoms with E-state index in [0.717, 1.165) is 12.8 Å². The van der Waals surface area contributed by atoms with Gasteiger partial charge in [0.05, 0.1) is 11.8 Å². The fourth-order valence-corrected chi connectivity index (χ4v) is 1.56. The van der Waals surface area contributed by atoms with E-state index >= 15 is 0 Å². The lowest BCUT2D eigenvalue weighted by Crippen LogP contribution is -2.40. The van der Waals surface area contributed by atoms with Gasteiger partial charge < -0.3 is 4.42 Å². The number of hydrogen-bond acceptors (Lipinski definition) is 3. The summed E-state index contributed by atoms with van der Waals surface area (Å²) >= 11 is 0. The largest absolute Gasteiger partial charge is 0.472 e. The van der Waals surface area contributed by atoms with Crippen molar-refractivity contribution >= 4 is 11.8 Å². The first kappa shape index (κ1) is 8.99. The van der Waals surface area contributed by atoms with Gasteiger partial charge >= 0.3 is 0 Å². The third-order valence-corrected chi connectivity index (χ3v) is 2.34. The van der Waals surface area contributed by atoms with Crippen molar-refractivity contribution in [1.29, 1.82) is 0 Å². The van der Waals surface area contributed by atoms with Gasteiger partial charge in [-0.1, -0.05) is 0 Å². The molecule has 1 aromatic heterocycles. The van der Waals surface area contributed by atoms with Crippen LogP contribution in [0.4, 0.5) is 0 Å². The summed E-state index contributed by atoms with van der Waals surface area (Å²) in [6.07, 6.45) is 5.05. The lowest BCUT2D eigenvalue weighted by atomic mass is 10.1. The molecule has 2 rings (SSSR count). The van der Waals surface area contributed by atoms with E-state index in [2.05, 4.69) is 0 Å². The summed E-state index contributed by atoms with van der Waals surface area (Å²) in [4.78, 5) is 24.4. The summed E-state index contributed by atoms with van der Waals surface area (Å²) < 4.78 is 4.80. The average molecular weight is 193 g/mol. The fourth-order valence-electron chi connectivity index (χ4n) is 1.56. The van der Waals surface area contributed by atoms with Gasteiger partial charge in [-0.15, -0.1) is 0 Å². The fraction of sp³-hybridized carbons (Fsp3) is 0.400. The first-order valence-corrected chi connectivity index (χ1v) is 4.66. The van der Waals surface area contributed by atoms with Gasteiger partial charge in [0.25, 0.3) is 5.91 Å². The highest BCUT2D eigenvalue weighted by molar-refractivity contribution is 6.04. The van der Waals surface area contributed by atoms with Gasteiger partial charge in [-0.05, 0) is 18.9 Å². The summed E-state index contributed by atoms with van der Waals surface area (Å²) in [6.45, 7) is 0.531. The van der Waals surface area contributed by atoms with E-state index in [-0.39, 0.29) is 11.8 Å². The first-order chi connectivity index (χ1) is 6.79. The van der Waals surface area contributed by atoms with Crippen LogP contribution >= 0.6 is 0 Å². The monoisotopic (exact) mass is 193 g/mol. The molecule has 0 unspecified atom stereocenters. The molecule has 0 aromatic carbocycles.